The lowest BCUT2D eigenvalue weighted by Crippen LogP contribution is -2.45. The number of benzene rings is 1. The molecule has 5 heteroatoms. The lowest BCUT2D eigenvalue weighted by atomic mass is 9.86. The summed E-state index contributed by atoms with van der Waals surface area (Å²) in [4.78, 5) is 24.1. The summed E-state index contributed by atoms with van der Waals surface area (Å²) >= 11 is 0. The molecule has 1 aromatic carbocycles. The van der Waals surface area contributed by atoms with E-state index in [0.29, 0.717) is 24.5 Å². The van der Waals surface area contributed by atoms with Gasteiger partial charge < -0.3 is 9.22 Å². The highest BCUT2D eigenvalue weighted by Gasteiger charge is 2.47. The van der Waals surface area contributed by atoms with Crippen LogP contribution in [0.15, 0.2) is 55.1 Å². The fourth-order valence-electron chi connectivity index (χ4n) is 4.81. The molecule has 0 aromatic heterocycles. The number of hydrogen-bond donors (Lipinski definition) is 1. The maximum Gasteiger partial charge on any atom is 0.192 e. The van der Waals surface area contributed by atoms with Crippen LogP contribution in [0.4, 0.5) is 0 Å². The number of rotatable bonds is 12. The van der Waals surface area contributed by atoms with Gasteiger partial charge in [0.05, 0.1) is 6.10 Å². The van der Waals surface area contributed by atoms with Crippen LogP contribution >= 0.6 is 0 Å². The summed E-state index contributed by atoms with van der Waals surface area (Å²) in [5.41, 5.74) is 1.34. The number of carbonyl (C=O) groups is 1. The Morgan fingerprint density at radius 3 is 2.25 bits per heavy atom. The lowest BCUT2D eigenvalue weighted by molar-refractivity contribution is -0.121. The molecule has 0 heterocycles. The van der Waals surface area contributed by atoms with Crippen LogP contribution < -0.4 is 0 Å². The van der Waals surface area contributed by atoms with Crippen LogP contribution in [0.5, 0.6) is 0 Å². The molecule has 1 fully saturated rings. The largest absolute Gasteiger partial charge is 0.432 e. The Labute approximate surface area is 223 Å². The maximum atomic E-state index is 13.1. The van der Waals surface area contributed by atoms with E-state index in [1.807, 2.05) is 19.2 Å². The molecule has 0 bridgehead atoms. The molecular formula is C31H52O3Si2. The lowest BCUT2D eigenvalue weighted by Gasteiger charge is -2.40. The van der Waals surface area contributed by atoms with Crippen molar-refractivity contribution in [2.45, 2.75) is 109 Å². The van der Waals surface area contributed by atoms with Gasteiger partial charge in [-0.15, -0.1) is 6.58 Å². The number of ketones is 1. The first-order valence-electron chi connectivity index (χ1n) is 13.7. The first-order valence-corrected chi connectivity index (χ1v) is 19.6. The Morgan fingerprint density at radius 2 is 1.72 bits per heavy atom. The molecule has 0 amide bonds. The van der Waals surface area contributed by atoms with Crippen LogP contribution in [-0.2, 0) is 15.6 Å². The molecule has 0 unspecified atom stereocenters. The van der Waals surface area contributed by atoms with E-state index >= 15 is 0 Å². The van der Waals surface area contributed by atoms with Crippen molar-refractivity contribution in [3.8, 4) is 0 Å². The minimum atomic E-state index is -2.34. The Bertz CT molecular complexity index is 891. The highest BCUT2D eigenvalue weighted by molar-refractivity contribution is 6.74. The molecule has 2 rings (SSSR count). The fraction of sp³-hybridized carbons (Fsp3) is 0.645. The second-order valence-corrected chi connectivity index (χ2v) is 22.8. The monoisotopic (exact) mass is 528 g/mol. The molecular weight excluding hydrogens is 477 g/mol. The molecule has 1 aromatic rings. The average molecular weight is 529 g/mol. The summed E-state index contributed by atoms with van der Waals surface area (Å²) in [5, 5.41) is -0.0117. The molecule has 3 nitrogen and oxygen atoms in total. The van der Waals surface area contributed by atoms with Gasteiger partial charge in [-0.2, -0.15) is 0 Å². The van der Waals surface area contributed by atoms with Gasteiger partial charge in [0, 0.05) is 18.3 Å². The van der Waals surface area contributed by atoms with E-state index in [1.54, 1.807) is 0 Å². The molecule has 0 radical (unpaired) electrons. The van der Waals surface area contributed by atoms with Gasteiger partial charge in [0.1, 0.15) is 5.78 Å². The molecule has 202 valence electrons. The number of aryl methyl sites for hydroxylation is 1. The first-order chi connectivity index (χ1) is 16.5. The van der Waals surface area contributed by atoms with Gasteiger partial charge in [-0.1, -0.05) is 83.2 Å². The fourth-order valence-corrected chi connectivity index (χ4v) is 6.93. The summed E-state index contributed by atoms with van der Waals surface area (Å²) < 4.78 is 6.84. The van der Waals surface area contributed by atoms with Crippen molar-refractivity contribution < 1.29 is 14.0 Å². The minimum absolute atomic E-state index is 0.0556. The molecule has 36 heavy (non-hydrogen) atoms. The predicted molar refractivity (Wildman–Crippen MR) is 159 cm³/mol. The first kappa shape index (κ1) is 30.9. The third-order valence-corrected chi connectivity index (χ3v) is 17.1. The third kappa shape index (κ3) is 8.11. The van der Waals surface area contributed by atoms with E-state index in [1.165, 1.54) is 5.56 Å². The van der Waals surface area contributed by atoms with Crippen molar-refractivity contribution in [2.24, 2.45) is 17.8 Å². The van der Waals surface area contributed by atoms with Gasteiger partial charge in [0.25, 0.3) is 0 Å². The number of carbonyl (C=O) groups excluding carboxylic acids is 1. The molecule has 0 aliphatic heterocycles. The van der Waals surface area contributed by atoms with Gasteiger partial charge in [-0.05, 0) is 73.4 Å². The van der Waals surface area contributed by atoms with E-state index in [9.17, 15) is 9.59 Å². The van der Waals surface area contributed by atoms with Crippen LogP contribution in [0.1, 0.15) is 65.9 Å². The Hall–Kier alpha value is -1.28. The quantitative estimate of drug-likeness (QED) is 0.219. The molecule has 1 N–H and O–H groups in total. The molecule has 1 saturated carbocycles. The van der Waals surface area contributed by atoms with Crippen LogP contribution in [0, 0.1) is 17.8 Å². The summed E-state index contributed by atoms with van der Waals surface area (Å²) in [6.45, 7) is 23.8. The summed E-state index contributed by atoms with van der Waals surface area (Å²) in [5.74, 6) is 0.650. The van der Waals surface area contributed by atoms with E-state index in [0.717, 1.165) is 19.3 Å². The highest BCUT2D eigenvalue weighted by atomic mass is 28.4. The van der Waals surface area contributed by atoms with E-state index in [4.69, 9.17) is 4.43 Å². The number of hydrogen-bond acceptors (Lipinski definition) is 3. The Balaban J connectivity index is 2.34. The van der Waals surface area contributed by atoms with Gasteiger partial charge in [-0.3, -0.25) is 4.79 Å². The number of allylic oxidation sites excluding steroid dienone is 2. The van der Waals surface area contributed by atoms with Crippen molar-refractivity contribution >= 4 is 22.4 Å². The second kappa shape index (κ2) is 12.1. The van der Waals surface area contributed by atoms with Crippen molar-refractivity contribution in [2.75, 3.05) is 0 Å². The molecule has 4 atom stereocenters. The zero-order valence-electron chi connectivity index (χ0n) is 24.4. The van der Waals surface area contributed by atoms with Crippen molar-refractivity contribution in [1.82, 2.24) is 0 Å². The van der Waals surface area contributed by atoms with Crippen LogP contribution in [0.3, 0.4) is 0 Å². The average Bonchev–Trinajstić information content (AvgIpc) is 3.02. The van der Waals surface area contributed by atoms with Gasteiger partial charge in [-0.25, -0.2) is 0 Å². The van der Waals surface area contributed by atoms with Crippen LogP contribution in [0.25, 0.3) is 0 Å². The van der Waals surface area contributed by atoms with Gasteiger partial charge in [0.15, 0.2) is 16.6 Å². The zero-order valence-corrected chi connectivity index (χ0v) is 26.4. The molecule has 1 aliphatic carbocycles. The minimum Gasteiger partial charge on any atom is -0.432 e. The van der Waals surface area contributed by atoms with E-state index in [-0.39, 0.29) is 28.0 Å². The van der Waals surface area contributed by atoms with E-state index in [2.05, 4.69) is 96.8 Å². The predicted octanol–water partition coefficient (Wildman–Crippen LogP) is 8.33. The van der Waals surface area contributed by atoms with Gasteiger partial charge >= 0.3 is 0 Å². The summed E-state index contributed by atoms with van der Waals surface area (Å²) in [7, 11) is -4.35. The van der Waals surface area contributed by atoms with Crippen molar-refractivity contribution in [1.29, 1.82) is 0 Å². The zero-order chi connectivity index (χ0) is 27.4. The van der Waals surface area contributed by atoms with Crippen LogP contribution in [0.2, 0.25) is 36.3 Å². The summed E-state index contributed by atoms with van der Waals surface area (Å²) in [6, 6.07) is 10.6. The number of Topliss-reactive ketones (excluding diaryl/α,β-unsaturated/α-hetero) is 1. The highest BCUT2D eigenvalue weighted by Crippen LogP contribution is 2.45. The van der Waals surface area contributed by atoms with Crippen LogP contribution in [-0.4, -0.2) is 33.3 Å². The van der Waals surface area contributed by atoms with Crippen molar-refractivity contribution in [3.05, 3.63) is 60.7 Å². The molecule has 0 spiro atoms. The third-order valence-electron chi connectivity index (χ3n) is 9.06. The standard InChI is InChI=1S/C31H52O3Si2/c1-11-15-26-27(29(22-28(26)32)34-36(9,10)30(2,3)4)21-20-25(23-31(5,6)35(7,8)33)19-18-24-16-13-12-14-17-24/h11-14,16-17,20-21,25-27,29,33H,1,15,18-19,22-23H2,2-10H3/b21-20+/t25-,26+,27+,29+/m0/s1. The SMILES string of the molecule is C=CC[C@H]1C(=O)C[C@@H](O[Si](C)(C)C(C)(C)C)[C@@H]1/C=C/[C@H](CCc1ccccc1)CC(C)(C)[Si](C)(C)O. The normalized spacial score (nSPS) is 22.8. The smallest absolute Gasteiger partial charge is 0.192 e. The molecule has 0 saturated heterocycles. The maximum absolute atomic E-state index is 13.1. The van der Waals surface area contributed by atoms with Gasteiger partial charge in [0.2, 0.25) is 0 Å². The van der Waals surface area contributed by atoms with E-state index < -0.39 is 16.6 Å². The second-order valence-electron chi connectivity index (χ2n) is 13.6. The topological polar surface area (TPSA) is 46.5 Å². The Morgan fingerprint density at radius 1 is 1.11 bits per heavy atom. The summed E-state index contributed by atoms with van der Waals surface area (Å²) in [6.07, 6.45) is 10.6. The molecule has 1 aliphatic rings. The van der Waals surface area contributed by atoms with Crippen molar-refractivity contribution in [3.63, 3.8) is 0 Å². The Kier molecular flexibility index (Phi) is 10.4.